The highest BCUT2D eigenvalue weighted by atomic mass is 32.2. The SMILES string of the molecule is C=CC(=O)N(CC)CC(=O)NC1CCSc2ccccc21. The molecule has 2 amide bonds. The molecule has 0 radical (unpaired) electrons. The monoisotopic (exact) mass is 304 g/mol. The van der Waals surface area contributed by atoms with Crippen molar-refractivity contribution in [2.24, 2.45) is 0 Å². The first kappa shape index (κ1) is 15.6. The van der Waals surface area contributed by atoms with E-state index >= 15 is 0 Å². The minimum Gasteiger partial charge on any atom is -0.348 e. The molecule has 5 heteroatoms. The van der Waals surface area contributed by atoms with Crippen molar-refractivity contribution in [1.29, 1.82) is 0 Å². The minimum atomic E-state index is -0.216. The predicted molar refractivity (Wildman–Crippen MR) is 85.1 cm³/mol. The Morgan fingerprint density at radius 1 is 1.48 bits per heavy atom. The average molecular weight is 304 g/mol. The fourth-order valence-corrected chi connectivity index (χ4v) is 3.51. The van der Waals surface area contributed by atoms with E-state index in [0.717, 1.165) is 12.2 Å². The molecule has 0 saturated heterocycles. The van der Waals surface area contributed by atoms with E-state index in [2.05, 4.69) is 24.0 Å². The minimum absolute atomic E-state index is 0.0347. The van der Waals surface area contributed by atoms with Crippen LogP contribution in [0.3, 0.4) is 0 Å². The van der Waals surface area contributed by atoms with Crippen LogP contribution in [0.1, 0.15) is 24.9 Å². The van der Waals surface area contributed by atoms with Crippen LogP contribution in [-0.4, -0.2) is 35.6 Å². The number of rotatable bonds is 5. The van der Waals surface area contributed by atoms with Gasteiger partial charge in [-0.15, -0.1) is 11.8 Å². The van der Waals surface area contributed by atoms with Crippen molar-refractivity contribution < 1.29 is 9.59 Å². The number of nitrogens with one attached hydrogen (secondary N) is 1. The molecule has 0 fully saturated rings. The summed E-state index contributed by atoms with van der Waals surface area (Å²) >= 11 is 1.82. The number of thioether (sulfide) groups is 1. The molecule has 1 atom stereocenters. The molecule has 1 N–H and O–H groups in total. The number of likely N-dealkylation sites (N-methyl/N-ethyl adjacent to an activating group) is 1. The first-order valence-electron chi connectivity index (χ1n) is 7.08. The second kappa shape index (κ2) is 7.31. The summed E-state index contributed by atoms with van der Waals surface area (Å²) in [6.07, 6.45) is 2.15. The summed E-state index contributed by atoms with van der Waals surface area (Å²) in [7, 11) is 0. The molecule has 4 nitrogen and oxygen atoms in total. The number of fused-ring (bicyclic) bond motifs is 1. The molecule has 2 rings (SSSR count). The Morgan fingerprint density at radius 2 is 2.24 bits per heavy atom. The molecular formula is C16H20N2O2S. The zero-order chi connectivity index (χ0) is 15.2. The summed E-state index contributed by atoms with van der Waals surface area (Å²) < 4.78 is 0. The number of carbonyl (C=O) groups excluding carboxylic acids is 2. The first-order chi connectivity index (χ1) is 10.2. The zero-order valence-corrected chi connectivity index (χ0v) is 13.0. The molecule has 0 bridgehead atoms. The summed E-state index contributed by atoms with van der Waals surface area (Å²) in [4.78, 5) is 26.5. The normalized spacial score (nSPS) is 16.7. The zero-order valence-electron chi connectivity index (χ0n) is 12.2. The maximum Gasteiger partial charge on any atom is 0.246 e. The molecule has 0 spiro atoms. The van der Waals surface area contributed by atoms with Crippen LogP contribution in [0.4, 0.5) is 0 Å². The van der Waals surface area contributed by atoms with Crippen molar-refractivity contribution in [2.75, 3.05) is 18.8 Å². The Kier molecular flexibility index (Phi) is 5.44. The van der Waals surface area contributed by atoms with E-state index in [1.165, 1.54) is 21.4 Å². The van der Waals surface area contributed by atoms with Gasteiger partial charge in [-0.1, -0.05) is 24.8 Å². The third-order valence-electron chi connectivity index (χ3n) is 3.50. The van der Waals surface area contributed by atoms with Crippen LogP contribution in [0.2, 0.25) is 0 Å². The molecule has 1 aromatic carbocycles. The van der Waals surface area contributed by atoms with Gasteiger partial charge >= 0.3 is 0 Å². The van der Waals surface area contributed by atoms with Gasteiger partial charge in [0.15, 0.2) is 0 Å². The second-order valence-electron chi connectivity index (χ2n) is 4.85. The molecular weight excluding hydrogens is 284 g/mol. The third kappa shape index (κ3) is 3.88. The lowest BCUT2D eigenvalue weighted by Gasteiger charge is -2.27. The Morgan fingerprint density at radius 3 is 2.95 bits per heavy atom. The number of carbonyl (C=O) groups is 2. The van der Waals surface area contributed by atoms with Crippen LogP contribution < -0.4 is 5.32 Å². The lowest BCUT2D eigenvalue weighted by molar-refractivity contribution is -0.132. The fourth-order valence-electron chi connectivity index (χ4n) is 2.38. The van der Waals surface area contributed by atoms with Crippen LogP contribution >= 0.6 is 11.8 Å². The molecule has 0 aromatic heterocycles. The van der Waals surface area contributed by atoms with Crippen molar-refractivity contribution in [2.45, 2.75) is 24.3 Å². The maximum atomic E-state index is 12.2. The Bertz CT molecular complexity index is 545. The van der Waals surface area contributed by atoms with Crippen LogP contribution in [-0.2, 0) is 9.59 Å². The van der Waals surface area contributed by atoms with E-state index in [1.54, 1.807) is 0 Å². The van der Waals surface area contributed by atoms with E-state index in [-0.39, 0.29) is 24.4 Å². The topological polar surface area (TPSA) is 49.4 Å². The Hall–Kier alpha value is -1.75. The number of hydrogen-bond acceptors (Lipinski definition) is 3. The highest BCUT2D eigenvalue weighted by molar-refractivity contribution is 7.99. The Labute approximate surface area is 129 Å². The van der Waals surface area contributed by atoms with Crippen LogP contribution in [0.5, 0.6) is 0 Å². The highest BCUT2D eigenvalue weighted by Crippen LogP contribution is 2.35. The summed E-state index contributed by atoms with van der Waals surface area (Å²) in [6.45, 7) is 5.88. The van der Waals surface area contributed by atoms with Gasteiger partial charge in [-0.2, -0.15) is 0 Å². The van der Waals surface area contributed by atoms with E-state index in [1.807, 2.05) is 30.8 Å². The largest absolute Gasteiger partial charge is 0.348 e. The first-order valence-corrected chi connectivity index (χ1v) is 8.06. The fraction of sp³-hybridized carbons (Fsp3) is 0.375. The van der Waals surface area contributed by atoms with Crippen LogP contribution in [0, 0.1) is 0 Å². The lowest BCUT2D eigenvalue weighted by atomic mass is 10.0. The number of nitrogens with zero attached hydrogens (tertiary/aromatic N) is 1. The maximum absolute atomic E-state index is 12.2. The van der Waals surface area contributed by atoms with E-state index < -0.39 is 0 Å². The van der Waals surface area contributed by atoms with Gasteiger partial charge in [-0.3, -0.25) is 9.59 Å². The van der Waals surface area contributed by atoms with Gasteiger partial charge in [0.25, 0.3) is 0 Å². The number of benzene rings is 1. The highest BCUT2D eigenvalue weighted by Gasteiger charge is 2.23. The molecule has 1 unspecified atom stereocenters. The average Bonchev–Trinajstić information content (AvgIpc) is 2.52. The summed E-state index contributed by atoms with van der Waals surface area (Å²) in [6, 6.07) is 8.17. The number of amides is 2. The second-order valence-corrected chi connectivity index (χ2v) is 5.99. The smallest absolute Gasteiger partial charge is 0.246 e. The standard InChI is InChI=1S/C16H20N2O2S/c1-3-16(20)18(4-2)11-15(19)17-13-9-10-21-14-8-6-5-7-12(13)14/h3,5-8,13H,1,4,9-11H2,2H3,(H,17,19). The molecule has 1 aliphatic rings. The van der Waals surface area contributed by atoms with Crippen LogP contribution in [0.15, 0.2) is 41.8 Å². The van der Waals surface area contributed by atoms with Gasteiger partial charge in [-0.25, -0.2) is 0 Å². The van der Waals surface area contributed by atoms with Gasteiger partial charge in [0, 0.05) is 17.2 Å². The van der Waals surface area contributed by atoms with Gasteiger partial charge < -0.3 is 10.2 Å². The molecule has 21 heavy (non-hydrogen) atoms. The Balaban J connectivity index is 2.00. The van der Waals surface area contributed by atoms with E-state index in [0.29, 0.717) is 6.54 Å². The van der Waals surface area contributed by atoms with Crippen molar-refractivity contribution >= 4 is 23.6 Å². The van der Waals surface area contributed by atoms with Crippen molar-refractivity contribution in [3.8, 4) is 0 Å². The van der Waals surface area contributed by atoms with Gasteiger partial charge in [0.1, 0.15) is 0 Å². The van der Waals surface area contributed by atoms with Gasteiger partial charge in [-0.05, 0) is 31.1 Å². The third-order valence-corrected chi connectivity index (χ3v) is 4.62. The molecule has 1 aliphatic heterocycles. The quantitative estimate of drug-likeness (QED) is 0.850. The van der Waals surface area contributed by atoms with Crippen molar-refractivity contribution in [1.82, 2.24) is 10.2 Å². The summed E-state index contributed by atoms with van der Waals surface area (Å²) in [5.41, 5.74) is 1.17. The molecule has 1 aromatic rings. The molecule has 0 saturated carbocycles. The molecule has 0 aliphatic carbocycles. The van der Waals surface area contributed by atoms with Gasteiger partial charge in [0.05, 0.1) is 12.6 Å². The van der Waals surface area contributed by atoms with Crippen molar-refractivity contribution in [3.05, 3.63) is 42.5 Å². The predicted octanol–water partition coefficient (Wildman–Crippen LogP) is 2.37. The lowest BCUT2D eigenvalue weighted by Crippen LogP contribution is -2.41. The van der Waals surface area contributed by atoms with E-state index in [4.69, 9.17) is 0 Å². The van der Waals surface area contributed by atoms with Crippen LogP contribution in [0.25, 0.3) is 0 Å². The van der Waals surface area contributed by atoms with Gasteiger partial charge in [0.2, 0.25) is 11.8 Å². The summed E-state index contributed by atoms with van der Waals surface area (Å²) in [5.74, 6) is 0.649. The summed E-state index contributed by atoms with van der Waals surface area (Å²) in [5, 5.41) is 3.04. The van der Waals surface area contributed by atoms with E-state index in [9.17, 15) is 9.59 Å². The van der Waals surface area contributed by atoms with Crippen molar-refractivity contribution in [3.63, 3.8) is 0 Å². The number of hydrogen-bond donors (Lipinski definition) is 1. The molecule has 112 valence electrons. The molecule has 1 heterocycles.